The van der Waals surface area contributed by atoms with Gasteiger partial charge in [0.15, 0.2) is 0 Å². The third-order valence-electron chi connectivity index (χ3n) is 3.55. The highest BCUT2D eigenvalue weighted by molar-refractivity contribution is 5.24. The predicted molar refractivity (Wildman–Crippen MR) is 72.0 cm³/mol. The van der Waals surface area contributed by atoms with E-state index < -0.39 is 0 Å². The van der Waals surface area contributed by atoms with Gasteiger partial charge in [-0.15, -0.1) is 0 Å². The van der Waals surface area contributed by atoms with E-state index in [0.29, 0.717) is 0 Å². The normalized spacial score (nSPS) is 23.6. The van der Waals surface area contributed by atoms with Crippen LogP contribution in [0.5, 0.6) is 0 Å². The Labute approximate surface area is 107 Å². The summed E-state index contributed by atoms with van der Waals surface area (Å²) in [6.45, 7) is 1.66. The van der Waals surface area contributed by atoms with Gasteiger partial charge in [0.05, 0.1) is 12.1 Å². The topological polar surface area (TPSA) is 23.5 Å². The van der Waals surface area contributed by atoms with Gasteiger partial charge in [0.2, 0.25) is 0 Å². The largest absolute Gasteiger partial charge is 0.390 e. The van der Waals surface area contributed by atoms with Crippen LogP contribution in [0, 0.1) is 0 Å². The number of aliphatic hydroxyl groups excluding tert-OH is 1. The second kappa shape index (κ2) is 4.92. The molecule has 1 aliphatic rings. The summed E-state index contributed by atoms with van der Waals surface area (Å²) in [5, 5.41) is 9.97. The molecule has 1 N–H and O–H groups in total. The van der Waals surface area contributed by atoms with Gasteiger partial charge in [-0.3, -0.25) is 4.90 Å². The molecule has 0 unspecified atom stereocenters. The van der Waals surface area contributed by atoms with Crippen LogP contribution < -0.4 is 0 Å². The fourth-order valence-corrected chi connectivity index (χ4v) is 2.62. The van der Waals surface area contributed by atoms with Gasteiger partial charge in [0, 0.05) is 13.1 Å². The third-order valence-corrected chi connectivity index (χ3v) is 3.55. The zero-order valence-electron chi connectivity index (χ0n) is 10.2. The van der Waals surface area contributed by atoms with Gasteiger partial charge >= 0.3 is 0 Å². The molecule has 18 heavy (non-hydrogen) atoms. The van der Waals surface area contributed by atoms with E-state index in [1.54, 1.807) is 0 Å². The van der Waals surface area contributed by atoms with Gasteiger partial charge in [-0.05, 0) is 11.1 Å². The highest BCUT2D eigenvalue weighted by Gasteiger charge is 2.38. The molecule has 0 saturated carbocycles. The van der Waals surface area contributed by atoms with Crippen LogP contribution >= 0.6 is 0 Å². The maximum absolute atomic E-state index is 9.97. The van der Waals surface area contributed by atoms with Gasteiger partial charge in [0.25, 0.3) is 0 Å². The lowest BCUT2D eigenvalue weighted by Gasteiger charge is -2.45. The third kappa shape index (κ3) is 2.17. The number of hydrogen-bond acceptors (Lipinski definition) is 2. The van der Waals surface area contributed by atoms with Crippen molar-refractivity contribution in [1.82, 2.24) is 4.90 Å². The zero-order chi connectivity index (χ0) is 12.4. The minimum atomic E-state index is -0.240. The predicted octanol–water partition coefficient (Wildman–Crippen LogP) is 2.60. The average molecular weight is 239 g/mol. The molecule has 1 saturated heterocycles. The maximum atomic E-state index is 9.97. The second-order valence-electron chi connectivity index (χ2n) is 4.84. The molecule has 0 spiro atoms. The van der Waals surface area contributed by atoms with E-state index in [4.69, 9.17) is 0 Å². The van der Waals surface area contributed by atoms with Crippen molar-refractivity contribution in [1.29, 1.82) is 0 Å². The molecular weight excluding hydrogens is 222 g/mol. The van der Waals surface area contributed by atoms with Crippen LogP contribution in [0.25, 0.3) is 0 Å². The lowest BCUT2D eigenvalue weighted by atomic mass is 9.91. The molecule has 2 heteroatoms. The molecule has 2 atom stereocenters. The summed E-state index contributed by atoms with van der Waals surface area (Å²) in [7, 11) is 0. The van der Waals surface area contributed by atoms with E-state index in [0.717, 1.165) is 13.1 Å². The molecular formula is C16H17NO. The van der Waals surface area contributed by atoms with Crippen LogP contribution in [0.4, 0.5) is 0 Å². The first-order valence-electron chi connectivity index (χ1n) is 6.35. The number of hydrogen-bond donors (Lipinski definition) is 1. The van der Waals surface area contributed by atoms with Crippen LogP contribution in [0.3, 0.4) is 0 Å². The van der Waals surface area contributed by atoms with Crippen LogP contribution in [-0.4, -0.2) is 22.7 Å². The molecule has 2 aromatic rings. The lowest BCUT2D eigenvalue weighted by Crippen LogP contribution is -2.52. The average Bonchev–Trinajstić information content (AvgIpc) is 2.40. The SMILES string of the molecule is O[C@H]1CN(Cc2ccccc2)[C@H]1c1ccccc1. The Morgan fingerprint density at radius 2 is 1.56 bits per heavy atom. The van der Waals surface area contributed by atoms with Crippen molar-refractivity contribution in [2.45, 2.75) is 18.7 Å². The molecule has 0 amide bonds. The van der Waals surface area contributed by atoms with E-state index >= 15 is 0 Å². The zero-order valence-corrected chi connectivity index (χ0v) is 10.2. The number of β-amino-alcohol motifs (C(OH)–C–C–N with tert-alkyl or cyclic N) is 1. The molecule has 0 bridgehead atoms. The second-order valence-corrected chi connectivity index (χ2v) is 4.84. The fraction of sp³-hybridized carbons (Fsp3) is 0.250. The van der Waals surface area contributed by atoms with Crippen molar-refractivity contribution in [2.24, 2.45) is 0 Å². The minimum Gasteiger partial charge on any atom is -0.390 e. The molecule has 3 rings (SSSR count). The van der Waals surface area contributed by atoms with Gasteiger partial charge in [-0.1, -0.05) is 60.7 Å². The fourth-order valence-electron chi connectivity index (χ4n) is 2.62. The highest BCUT2D eigenvalue weighted by atomic mass is 16.3. The Hall–Kier alpha value is -1.64. The van der Waals surface area contributed by atoms with Gasteiger partial charge in [-0.25, -0.2) is 0 Å². The van der Waals surface area contributed by atoms with Crippen LogP contribution in [-0.2, 0) is 6.54 Å². The first-order valence-corrected chi connectivity index (χ1v) is 6.35. The van der Waals surface area contributed by atoms with Crippen molar-refractivity contribution in [3.8, 4) is 0 Å². The molecule has 0 radical (unpaired) electrons. The van der Waals surface area contributed by atoms with Crippen LogP contribution in [0.1, 0.15) is 17.2 Å². The molecule has 2 aromatic carbocycles. The molecule has 0 aliphatic carbocycles. The lowest BCUT2D eigenvalue weighted by molar-refractivity contribution is -0.0686. The number of rotatable bonds is 3. The van der Waals surface area contributed by atoms with Gasteiger partial charge < -0.3 is 5.11 Å². The summed E-state index contributed by atoms with van der Waals surface area (Å²) in [5.74, 6) is 0. The molecule has 2 nitrogen and oxygen atoms in total. The quantitative estimate of drug-likeness (QED) is 0.890. The number of aliphatic hydroxyl groups is 1. The van der Waals surface area contributed by atoms with Gasteiger partial charge in [-0.2, -0.15) is 0 Å². The maximum Gasteiger partial charge on any atom is 0.0864 e. The smallest absolute Gasteiger partial charge is 0.0864 e. The number of nitrogens with zero attached hydrogens (tertiary/aromatic N) is 1. The van der Waals surface area contributed by atoms with Crippen molar-refractivity contribution in [3.05, 3.63) is 71.8 Å². The summed E-state index contributed by atoms with van der Waals surface area (Å²) in [4.78, 5) is 2.31. The summed E-state index contributed by atoms with van der Waals surface area (Å²) in [6, 6.07) is 20.8. The Kier molecular flexibility index (Phi) is 3.13. The Morgan fingerprint density at radius 1 is 0.944 bits per heavy atom. The monoisotopic (exact) mass is 239 g/mol. The van der Waals surface area contributed by atoms with E-state index in [-0.39, 0.29) is 12.1 Å². The van der Waals surface area contributed by atoms with E-state index in [2.05, 4.69) is 41.3 Å². The van der Waals surface area contributed by atoms with Crippen molar-refractivity contribution >= 4 is 0 Å². The molecule has 1 fully saturated rings. The number of likely N-dealkylation sites (tertiary alicyclic amines) is 1. The Balaban J connectivity index is 1.75. The van der Waals surface area contributed by atoms with Crippen molar-refractivity contribution in [3.63, 3.8) is 0 Å². The molecule has 0 aromatic heterocycles. The molecule has 92 valence electrons. The molecule has 1 heterocycles. The van der Waals surface area contributed by atoms with Crippen molar-refractivity contribution in [2.75, 3.05) is 6.54 Å². The van der Waals surface area contributed by atoms with Crippen molar-refractivity contribution < 1.29 is 5.11 Å². The first kappa shape index (κ1) is 11.5. The van der Waals surface area contributed by atoms with Gasteiger partial charge in [0.1, 0.15) is 0 Å². The summed E-state index contributed by atoms with van der Waals surface area (Å²) >= 11 is 0. The summed E-state index contributed by atoms with van der Waals surface area (Å²) in [5.41, 5.74) is 2.50. The van der Waals surface area contributed by atoms with E-state index in [1.807, 2.05) is 24.3 Å². The van der Waals surface area contributed by atoms with E-state index in [1.165, 1.54) is 11.1 Å². The number of benzene rings is 2. The summed E-state index contributed by atoms with van der Waals surface area (Å²) < 4.78 is 0. The first-order chi connectivity index (χ1) is 8.84. The highest BCUT2D eigenvalue weighted by Crippen LogP contribution is 2.34. The molecule has 1 aliphatic heterocycles. The van der Waals surface area contributed by atoms with E-state index in [9.17, 15) is 5.11 Å². The Bertz CT molecular complexity index is 497. The minimum absolute atomic E-state index is 0.145. The standard InChI is InChI=1S/C16H17NO/c18-15-12-17(11-13-7-3-1-4-8-13)16(15)14-9-5-2-6-10-14/h1-10,15-16,18H,11-12H2/t15-,16-/m0/s1. The van der Waals surface area contributed by atoms with Crippen LogP contribution in [0.15, 0.2) is 60.7 Å². The summed E-state index contributed by atoms with van der Waals surface area (Å²) in [6.07, 6.45) is -0.240. The Morgan fingerprint density at radius 3 is 2.17 bits per heavy atom. The van der Waals surface area contributed by atoms with Crippen LogP contribution in [0.2, 0.25) is 0 Å².